The summed E-state index contributed by atoms with van der Waals surface area (Å²) in [5.41, 5.74) is 5.08. The summed E-state index contributed by atoms with van der Waals surface area (Å²) in [4.78, 5) is 27.4. The molecule has 4 rings (SSSR count). The van der Waals surface area contributed by atoms with Gasteiger partial charge in [-0.25, -0.2) is 15.0 Å². The first-order chi connectivity index (χ1) is 13.8. The molecule has 8 nitrogen and oxygen atoms in total. The molecule has 28 heavy (non-hydrogen) atoms. The first-order valence-corrected chi connectivity index (χ1v) is 9.21. The van der Waals surface area contributed by atoms with Gasteiger partial charge in [0, 0.05) is 5.39 Å². The van der Waals surface area contributed by atoms with Crippen molar-refractivity contribution in [1.82, 2.24) is 19.9 Å². The van der Waals surface area contributed by atoms with Crippen molar-refractivity contribution in [3.8, 4) is 5.75 Å². The number of aromatic nitrogens is 4. The van der Waals surface area contributed by atoms with Gasteiger partial charge in [0.1, 0.15) is 11.8 Å². The minimum atomic E-state index is 0.611. The van der Waals surface area contributed by atoms with E-state index in [4.69, 9.17) is 9.68 Å². The number of aromatic amines is 1. The Bertz CT molecular complexity index is 1080. The van der Waals surface area contributed by atoms with Crippen molar-refractivity contribution >= 4 is 33.4 Å². The molecule has 0 amide bonds. The van der Waals surface area contributed by atoms with Crippen LogP contribution in [-0.4, -0.2) is 33.6 Å². The number of hydroxylamine groups is 1. The zero-order chi connectivity index (χ0) is 19.3. The van der Waals surface area contributed by atoms with E-state index in [1.54, 1.807) is 18.5 Å². The van der Waals surface area contributed by atoms with Gasteiger partial charge in [0.25, 0.3) is 0 Å². The molecule has 4 aromatic rings. The quantitative estimate of drug-likeness (QED) is 0.447. The van der Waals surface area contributed by atoms with Gasteiger partial charge in [-0.1, -0.05) is 31.5 Å². The standard InChI is InChI=1S/C20H22N6O2/c1-3-4-10-26(20-18-19(22-12-21-18)23-13-24-20)28-17-7-5-6-14-8-9-15(25-27-2)11-16(14)17/h5-9,11-13,25H,3-4,10H2,1-2H3,(H,21,22,23,24). The SMILES string of the molecule is CCCCN(Oc1cccc2ccc(NOC)cc12)c1ncnc2nc[nH]c12. The number of hydrogen-bond acceptors (Lipinski definition) is 7. The Morgan fingerprint density at radius 3 is 2.93 bits per heavy atom. The second kappa shape index (κ2) is 8.10. The Kier molecular flexibility index (Phi) is 5.20. The number of unbranched alkanes of at least 4 members (excludes halogenated alkanes) is 1. The maximum Gasteiger partial charge on any atom is 0.192 e. The predicted molar refractivity (Wildman–Crippen MR) is 109 cm³/mol. The minimum absolute atomic E-state index is 0.611. The maximum absolute atomic E-state index is 6.35. The lowest BCUT2D eigenvalue weighted by atomic mass is 10.1. The number of imidazole rings is 1. The van der Waals surface area contributed by atoms with Crippen LogP contribution in [0.15, 0.2) is 49.1 Å². The van der Waals surface area contributed by atoms with E-state index in [-0.39, 0.29) is 0 Å². The number of nitrogens with zero attached hydrogens (tertiary/aromatic N) is 4. The largest absolute Gasteiger partial charge is 0.377 e. The molecule has 2 aromatic heterocycles. The molecule has 0 aliphatic rings. The second-order valence-electron chi connectivity index (χ2n) is 6.34. The van der Waals surface area contributed by atoms with Crippen molar-refractivity contribution in [2.75, 3.05) is 24.2 Å². The molecule has 0 saturated heterocycles. The van der Waals surface area contributed by atoms with E-state index < -0.39 is 0 Å². The summed E-state index contributed by atoms with van der Waals surface area (Å²) in [7, 11) is 1.59. The molecule has 0 aliphatic heterocycles. The van der Waals surface area contributed by atoms with Crippen molar-refractivity contribution < 1.29 is 9.68 Å². The van der Waals surface area contributed by atoms with E-state index in [9.17, 15) is 0 Å². The van der Waals surface area contributed by atoms with Crippen molar-refractivity contribution in [2.24, 2.45) is 0 Å². The van der Waals surface area contributed by atoms with Gasteiger partial charge < -0.3 is 9.82 Å². The lowest BCUT2D eigenvalue weighted by molar-refractivity contribution is 0.271. The zero-order valence-electron chi connectivity index (χ0n) is 15.8. The Labute approximate surface area is 162 Å². The van der Waals surface area contributed by atoms with E-state index in [1.165, 1.54) is 6.33 Å². The van der Waals surface area contributed by atoms with Crippen molar-refractivity contribution in [2.45, 2.75) is 19.8 Å². The topological polar surface area (TPSA) is 88.2 Å². The van der Waals surface area contributed by atoms with Gasteiger partial charge in [-0.05, 0) is 30.0 Å². The van der Waals surface area contributed by atoms with Crippen molar-refractivity contribution in [3.63, 3.8) is 0 Å². The van der Waals surface area contributed by atoms with E-state index >= 15 is 0 Å². The monoisotopic (exact) mass is 378 g/mol. The normalized spacial score (nSPS) is 11.1. The molecule has 0 atom stereocenters. The first kappa shape index (κ1) is 18.0. The van der Waals surface area contributed by atoms with E-state index in [2.05, 4.69) is 32.3 Å². The number of anilines is 2. The van der Waals surface area contributed by atoms with Crippen LogP contribution in [0.4, 0.5) is 11.5 Å². The molecule has 2 heterocycles. The predicted octanol–water partition coefficient (Wildman–Crippen LogP) is 4.08. The molecule has 8 heteroatoms. The van der Waals surface area contributed by atoms with Crippen LogP contribution >= 0.6 is 0 Å². The molecule has 0 saturated carbocycles. The third-order valence-electron chi connectivity index (χ3n) is 4.42. The van der Waals surface area contributed by atoms with Crippen LogP contribution in [0.2, 0.25) is 0 Å². The maximum atomic E-state index is 6.35. The number of hydrogen-bond donors (Lipinski definition) is 2. The molecule has 0 radical (unpaired) electrons. The average molecular weight is 378 g/mol. The van der Waals surface area contributed by atoms with Crippen molar-refractivity contribution in [1.29, 1.82) is 0 Å². The fourth-order valence-electron chi connectivity index (χ4n) is 3.06. The fraction of sp³-hybridized carbons (Fsp3) is 0.250. The van der Waals surface area contributed by atoms with Crippen LogP contribution < -0.4 is 15.4 Å². The highest BCUT2D eigenvalue weighted by Crippen LogP contribution is 2.31. The molecule has 0 unspecified atom stereocenters. The van der Waals surface area contributed by atoms with E-state index in [0.29, 0.717) is 18.0 Å². The Morgan fingerprint density at radius 2 is 2.07 bits per heavy atom. The molecular weight excluding hydrogens is 356 g/mol. The molecule has 0 bridgehead atoms. The molecule has 2 aromatic carbocycles. The zero-order valence-corrected chi connectivity index (χ0v) is 15.8. The summed E-state index contributed by atoms with van der Waals surface area (Å²) in [5, 5.41) is 3.85. The summed E-state index contributed by atoms with van der Waals surface area (Å²) in [6.45, 7) is 2.83. The van der Waals surface area contributed by atoms with E-state index in [1.807, 2.05) is 36.4 Å². The van der Waals surface area contributed by atoms with Crippen LogP contribution in [0.25, 0.3) is 21.9 Å². The number of H-pyrrole nitrogens is 1. The third-order valence-corrected chi connectivity index (χ3v) is 4.42. The molecule has 0 spiro atoms. The fourth-order valence-corrected chi connectivity index (χ4v) is 3.06. The number of rotatable bonds is 8. The van der Waals surface area contributed by atoms with Crippen LogP contribution in [0.5, 0.6) is 5.75 Å². The lowest BCUT2D eigenvalue weighted by Gasteiger charge is -2.24. The summed E-state index contributed by atoms with van der Waals surface area (Å²) in [6, 6.07) is 12.0. The van der Waals surface area contributed by atoms with Gasteiger partial charge in [-0.2, -0.15) is 5.06 Å². The van der Waals surface area contributed by atoms with Crippen LogP contribution in [0.3, 0.4) is 0 Å². The van der Waals surface area contributed by atoms with Gasteiger partial charge in [-0.15, -0.1) is 0 Å². The summed E-state index contributed by atoms with van der Waals surface area (Å²) < 4.78 is 0. The molecule has 144 valence electrons. The summed E-state index contributed by atoms with van der Waals surface area (Å²) in [6.07, 6.45) is 5.11. The van der Waals surface area contributed by atoms with Crippen LogP contribution in [0.1, 0.15) is 19.8 Å². The molecule has 0 aliphatic carbocycles. The number of nitrogens with one attached hydrogen (secondary N) is 2. The summed E-state index contributed by atoms with van der Waals surface area (Å²) >= 11 is 0. The van der Waals surface area contributed by atoms with Gasteiger partial charge in [0.2, 0.25) is 0 Å². The highest BCUT2D eigenvalue weighted by atomic mass is 16.7. The van der Waals surface area contributed by atoms with Gasteiger partial charge >= 0.3 is 0 Å². The van der Waals surface area contributed by atoms with Crippen molar-refractivity contribution in [3.05, 3.63) is 49.1 Å². The molecule has 0 fully saturated rings. The average Bonchev–Trinajstić information content (AvgIpc) is 3.20. The first-order valence-electron chi connectivity index (χ1n) is 9.21. The molecular formula is C20H22N6O2. The van der Waals surface area contributed by atoms with Crippen LogP contribution in [-0.2, 0) is 4.84 Å². The second-order valence-corrected chi connectivity index (χ2v) is 6.34. The van der Waals surface area contributed by atoms with Crippen LogP contribution in [0, 0.1) is 0 Å². The Morgan fingerprint density at radius 1 is 1.14 bits per heavy atom. The number of benzene rings is 2. The van der Waals surface area contributed by atoms with Gasteiger partial charge in [-0.3, -0.25) is 10.3 Å². The smallest absolute Gasteiger partial charge is 0.192 e. The lowest BCUT2D eigenvalue weighted by Crippen LogP contribution is -2.29. The Balaban J connectivity index is 1.75. The highest BCUT2D eigenvalue weighted by molar-refractivity contribution is 5.91. The van der Waals surface area contributed by atoms with Gasteiger partial charge in [0.05, 0.1) is 25.7 Å². The highest BCUT2D eigenvalue weighted by Gasteiger charge is 2.17. The number of fused-ring (bicyclic) bond motifs is 2. The Hall–Kier alpha value is -3.39. The third kappa shape index (κ3) is 3.54. The molecule has 2 N–H and O–H groups in total. The van der Waals surface area contributed by atoms with Gasteiger partial charge in [0.15, 0.2) is 17.2 Å². The summed E-state index contributed by atoms with van der Waals surface area (Å²) in [5.74, 6) is 1.40. The minimum Gasteiger partial charge on any atom is -0.377 e. The van der Waals surface area contributed by atoms with E-state index in [0.717, 1.165) is 40.6 Å².